The van der Waals surface area contributed by atoms with Gasteiger partial charge in [0.25, 0.3) is 0 Å². The van der Waals surface area contributed by atoms with E-state index < -0.39 is 0 Å². The van der Waals surface area contributed by atoms with Crippen molar-refractivity contribution in [3.8, 4) is 16.9 Å². The second-order valence-corrected chi connectivity index (χ2v) is 6.06. The second kappa shape index (κ2) is 7.74. The summed E-state index contributed by atoms with van der Waals surface area (Å²) >= 11 is 0. The maximum atomic E-state index is 9.22. The van der Waals surface area contributed by atoms with Crippen LogP contribution >= 0.6 is 0 Å². The summed E-state index contributed by atoms with van der Waals surface area (Å²) in [5, 5.41) is 9.22. The van der Waals surface area contributed by atoms with Gasteiger partial charge < -0.3 is 5.11 Å². The minimum absolute atomic E-state index is 0.308. The fraction of sp³-hybridized carbons (Fsp3) is 0.368. The van der Waals surface area contributed by atoms with Gasteiger partial charge in [-0.3, -0.25) is 0 Å². The van der Waals surface area contributed by atoms with Gasteiger partial charge in [0, 0.05) is 0 Å². The molecule has 0 fully saturated rings. The minimum atomic E-state index is 0.308. The molecule has 0 aliphatic heterocycles. The number of hydrogen-bond acceptors (Lipinski definition) is 1. The van der Waals surface area contributed by atoms with Crippen LogP contribution in [0.15, 0.2) is 48.5 Å². The van der Waals surface area contributed by atoms with E-state index in [0.29, 0.717) is 11.7 Å². The monoisotopic (exact) mass is 270 g/mol. The summed E-state index contributed by atoms with van der Waals surface area (Å²) in [4.78, 5) is 0. The fourth-order valence-corrected chi connectivity index (χ4v) is 1.71. The predicted molar refractivity (Wildman–Crippen MR) is 88.1 cm³/mol. The lowest BCUT2D eigenvalue weighted by atomic mass is 9.99. The second-order valence-electron chi connectivity index (χ2n) is 6.06. The molecule has 108 valence electrons. The van der Waals surface area contributed by atoms with Crippen LogP contribution in [0.25, 0.3) is 11.1 Å². The van der Waals surface area contributed by atoms with Gasteiger partial charge in [-0.1, -0.05) is 71.0 Å². The summed E-state index contributed by atoms with van der Waals surface area (Å²) in [6.07, 6.45) is 0. The maximum absolute atomic E-state index is 9.22. The smallest absolute Gasteiger partial charge is 0.115 e. The zero-order chi connectivity index (χ0) is 15.1. The molecule has 1 nitrogen and oxygen atoms in total. The number of rotatable bonds is 2. The van der Waals surface area contributed by atoms with Gasteiger partial charge in [-0.05, 0) is 40.7 Å². The Morgan fingerprint density at radius 1 is 0.650 bits per heavy atom. The molecular weight excluding hydrogens is 244 g/mol. The van der Waals surface area contributed by atoms with Crippen LogP contribution in [0.4, 0.5) is 0 Å². The predicted octanol–water partition coefficient (Wildman–Crippen LogP) is 5.84. The number of hydrogen-bond donors (Lipinski definition) is 1. The molecule has 0 saturated carbocycles. The maximum Gasteiger partial charge on any atom is 0.115 e. The van der Waals surface area contributed by atoms with Crippen LogP contribution in [0.2, 0.25) is 0 Å². The standard InChI is InChI=1S/C15H16O.C4H10/c1-11(2)12-3-5-13(6-4-12)14-7-9-15(16)10-8-14;1-4(2)3/h3-11,16H,1-2H3;4H,1-3H3. The molecule has 0 aliphatic rings. The molecule has 0 bridgehead atoms. The minimum Gasteiger partial charge on any atom is -0.508 e. The summed E-state index contributed by atoms with van der Waals surface area (Å²) in [7, 11) is 0. The lowest BCUT2D eigenvalue weighted by Gasteiger charge is -2.07. The molecule has 2 aromatic carbocycles. The van der Waals surface area contributed by atoms with Crippen LogP contribution in [0, 0.1) is 5.92 Å². The Hall–Kier alpha value is -1.76. The molecular formula is C19H26O. The van der Waals surface area contributed by atoms with E-state index in [-0.39, 0.29) is 0 Å². The number of aromatic hydroxyl groups is 1. The summed E-state index contributed by atoms with van der Waals surface area (Å²) in [6, 6.07) is 15.9. The van der Waals surface area contributed by atoms with Gasteiger partial charge in [0.2, 0.25) is 0 Å². The van der Waals surface area contributed by atoms with Crippen molar-refractivity contribution in [3.63, 3.8) is 0 Å². The first kappa shape index (κ1) is 16.3. The third-order valence-corrected chi connectivity index (χ3v) is 2.78. The third kappa shape index (κ3) is 5.48. The van der Waals surface area contributed by atoms with Gasteiger partial charge >= 0.3 is 0 Å². The molecule has 0 heterocycles. The lowest BCUT2D eigenvalue weighted by molar-refractivity contribution is 0.475. The van der Waals surface area contributed by atoms with E-state index in [2.05, 4.69) is 58.9 Å². The molecule has 0 aliphatic carbocycles. The first-order chi connectivity index (χ1) is 9.40. The SMILES string of the molecule is CC(C)C.CC(C)c1ccc(-c2ccc(O)cc2)cc1. The highest BCUT2D eigenvalue weighted by atomic mass is 16.3. The quantitative estimate of drug-likeness (QED) is 0.726. The molecule has 20 heavy (non-hydrogen) atoms. The third-order valence-electron chi connectivity index (χ3n) is 2.78. The van der Waals surface area contributed by atoms with Gasteiger partial charge in [-0.2, -0.15) is 0 Å². The van der Waals surface area contributed by atoms with Gasteiger partial charge in [-0.25, -0.2) is 0 Å². The molecule has 0 atom stereocenters. The van der Waals surface area contributed by atoms with Crippen LogP contribution in [-0.2, 0) is 0 Å². The zero-order valence-corrected chi connectivity index (χ0v) is 13.2. The molecule has 0 spiro atoms. The van der Waals surface area contributed by atoms with Gasteiger partial charge in [0.05, 0.1) is 0 Å². The molecule has 0 amide bonds. The molecule has 0 radical (unpaired) electrons. The fourth-order valence-electron chi connectivity index (χ4n) is 1.71. The Labute approximate surface area is 123 Å². The van der Waals surface area contributed by atoms with Gasteiger partial charge in [0.1, 0.15) is 5.75 Å². The van der Waals surface area contributed by atoms with E-state index in [1.807, 2.05) is 12.1 Å². The first-order valence-corrected chi connectivity index (χ1v) is 7.29. The van der Waals surface area contributed by atoms with E-state index in [1.54, 1.807) is 12.1 Å². The van der Waals surface area contributed by atoms with Crippen molar-refractivity contribution in [2.45, 2.75) is 40.5 Å². The molecule has 2 aromatic rings. The average Bonchev–Trinajstić information content (AvgIpc) is 2.39. The molecule has 0 unspecified atom stereocenters. The van der Waals surface area contributed by atoms with Crippen molar-refractivity contribution in [1.82, 2.24) is 0 Å². The Morgan fingerprint density at radius 3 is 1.35 bits per heavy atom. The van der Waals surface area contributed by atoms with E-state index >= 15 is 0 Å². The number of phenols is 1. The highest BCUT2D eigenvalue weighted by Crippen LogP contribution is 2.24. The Kier molecular flexibility index (Phi) is 6.30. The van der Waals surface area contributed by atoms with E-state index in [9.17, 15) is 5.11 Å². The van der Waals surface area contributed by atoms with Crippen molar-refractivity contribution in [2.24, 2.45) is 5.92 Å². The highest BCUT2D eigenvalue weighted by Gasteiger charge is 2.00. The van der Waals surface area contributed by atoms with Crippen LogP contribution in [0.3, 0.4) is 0 Å². The van der Waals surface area contributed by atoms with Crippen LogP contribution in [0.5, 0.6) is 5.75 Å². The Balaban J connectivity index is 0.000000444. The van der Waals surface area contributed by atoms with Gasteiger partial charge in [-0.15, -0.1) is 0 Å². The number of benzene rings is 2. The van der Waals surface area contributed by atoms with Crippen LogP contribution in [-0.4, -0.2) is 5.11 Å². The van der Waals surface area contributed by atoms with Crippen molar-refractivity contribution in [1.29, 1.82) is 0 Å². The molecule has 2 rings (SSSR count). The summed E-state index contributed by atoms with van der Waals surface area (Å²) in [5.41, 5.74) is 3.67. The van der Waals surface area contributed by atoms with Crippen molar-refractivity contribution >= 4 is 0 Å². The summed E-state index contributed by atoms with van der Waals surface area (Å²) in [5.74, 6) is 1.71. The topological polar surface area (TPSA) is 20.2 Å². The van der Waals surface area contributed by atoms with Crippen LogP contribution < -0.4 is 0 Å². The molecule has 0 aromatic heterocycles. The van der Waals surface area contributed by atoms with E-state index in [4.69, 9.17) is 0 Å². The molecule has 1 heteroatoms. The van der Waals surface area contributed by atoms with Crippen molar-refractivity contribution in [2.75, 3.05) is 0 Å². The van der Waals surface area contributed by atoms with Crippen molar-refractivity contribution < 1.29 is 5.11 Å². The Bertz CT molecular complexity index is 490. The van der Waals surface area contributed by atoms with Gasteiger partial charge in [0.15, 0.2) is 0 Å². The molecule has 0 saturated heterocycles. The average molecular weight is 270 g/mol. The summed E-state index contributed by atoms with van der Waals surface area (Å²) < 4.78 is 0. The zero-order valence-electron chi connectivity index (χ0n) is 13.2. The Morgan fingerprint density at radius 2 is 1.00 bits per heavy atom. The van der Waals surface area contributed by atoms with Crippen LogP contribution in [0.1, 0.15) is 46.1 Å². The summed E-state index contributed by atoms with van der Waals surface area (Å²) in [6.45, 7) is 10.9. The largest absolute Gasteiger partial charge is 0.508 e. The van der Waals surface area contributed by atoms with Crippen molar-refractivity contribution in [3.05, 3.63) is 54.1 Å². The van der Waals surface area contributed by atoms with E-state index in [0.717, 1.165) is 11.5 Å². The first-order valence-electron chi connectivity index (χ1n) is 7.29. The number of phenolic OH excluding ortho intramolecular Hbond substituents is 1. The lowest BCUT2D eigenvalue weighted by Crippen LogP contribution is -1.86. The highest BCUT2D eigenvalue weighted by molar-refractivity contribution is 5.64. The molecule has 1 N–H and O–H groups in total. The van der Waals surface area contributed by atoms with E-state index in [1.165, 1.54) is 11.1 Å². The normalized spacial score (nSPS) is 10.3.